The molecule has 102 valence electrons. The monoisotopic (exact) mass is 264 g/mol. The summed E-state index contributed by atoms with van der Waals surface area (Å²) in [7, 11) is 1.35. The molecule has 0 aromatic heterocycles. The fraction of sp³-hybridized carbons (Fsp3) is 0.308. The molecule has 1 aromatic rings. The van der Waals surface area contributed by atoms with Gasteiger partial charge in [0, 0.05) is 24.7 Å². The third kappa shape index (κ3) is 3.31. The SMILES string of the molecule is C=CCN(CC)C(=O)c1ccc(OC)c([N+](=O)[O-])c1. The van der Waals surface area contributed by atoms with Crippen molar-refractivity contribution in [2.75, 3.05) is 20.2 Å². The van der Waals surface area contributed by atoms with Gasteiger partial charge >= 0.3 is 5.69 Å². The van der Waals surface area contributed by atoms with Crippen LogP contribution in [0.3, 0.4) is 0 Å². The maximum absolute atomic E-state index is 12.2. The molecule has 0 radical (unpaired) electrons. The van der Waals surface area contributed by atoms with Gasteiger partial charge < -0.3 is 9.64 Å². The van der Waals surface area contributed by atoms with E-state index in [4.69, 9.17) is 4.74 Å². The topological polar surface area (TPSA) is 72.7 Å². The number of hydrogen-bond donors (Lipinski definition) is 0. The average Bonchev–Trinajstić information content (AvgIpc) is 2.43. The van der Waals surface area contributed by atoms with Gasteiger partial charge in [0.2, 0.25) is 0 Å². The van der Waals surface area contributed by atoms with E-state index in [2.05, 4.69) is 6.58 Å². The van der Waals surface area contributed by atoms with Crippen LogP contribution in [0, 0.1) is 10.1 Å². The molecule has 0 N–H and O–H groups in total. The number of nitrogens with zero attached hydrogens (tertiary/aromatic N) is 2. The molecule has 0 saturated carbocycles. The summed E-state index contributed by atoms with van der Waals surface area (Å²) >= 11 is 0. The van der Waals surface area contributed by atoms with Crippen molar-refractivity contribution in [3.63, 3.8) is 0 Å². The number of rotatable bonds is 6. The lowest BCUT2D eigenvalue weighted by molar-refractivity contribution is -0.385. The van der Waals surface area contributed by atoms with Crippen LogP contribution < -0.4 is 4.74 Å². The van der Waals surface area contributed by atoms with Gasteiger partial charge in [-0.25, -0.2) is 0 Å². The number of ether oxygens (including phenoxy) is 1. The van der Waals surface area contributed by atoms with Crippen molar-refractivity contribution in [1.82, 2.24) is 4.90 Å². The quantitative estimate of drug-likeness (QED) is 0.449. The zero-order valence-electron chi connectivity index (χ0n) is 11.0. The molecule has 0 aliphatic rings. The van der Waals surface area contributed by atoms with E-state index in [0.29, 0.717) is 13.1 Å². The number of amides is 1. The van der Waals surface area contributed by atoms with E-state index in [-0.39, 0.29) is 22.9 Å². The van der Waals surface area contributed by atoms with Crippen molar-refractivity contribution < 1.29 is 14.5 Å². The highest BCUT2D eigenvalue weighted by Gasteiger charge is 2.20. The molecule has 1 rings (SSSR count). The molecule has 6 nitrogen and oxygen atoms in total. The second-order valence-electron chi connectivity index (χ2n) is 3.78. The van der Waals surface area contributed by atoms with Crippen LogP contribution in [0.1, 0.15) is 17.3 Å². The van der Waals surface area contributed by atoms with Gasteiger partial charge in [-0.1, -0.05) is 6.08 Å². The number of benzene rings is 1. The molecule has 0 atom stereocenters. The normalized spacial score (nSPS) is 9.79. The van der Waals surface area contributed by atoms with E-state index in [9.17, 15) is 14.9 Å². The van der Waals surface area contributed by atoms with Gasteiger partial charge in [-0.3, -0.25) is 14.9 Å². The second kappa shape index (κ2) is 6.53. The van der Waals surface area contributed by atoms with E-state index in [0.717, 1.165) is 0 Å². The Morgan fingerprint density at radius 1 is 1.58 bits per heavy atom. The first-order valence-electron chi connectivity index (χ1n) is 5.77. The Kier molecular flexibility index (Phi) is 5.05. The third-order valence-corrected chi connectivity index (χ3v) is 2.64. The summed E-state index contributed by atoms with van der Waals surface area (Å²) in [6.45, 7) is 6.31. The van der Waals surface area contributed by atoms with Crippen molar-refractivity contribution >= 4 is 11.6 Å². The van der Waals surface area contributed by atoms with E-state index < -0.39 is 4.92 Å². The van der Waals surface area contributed by atoms with Gasteiger partial charge in [0.1, 0.15) is 0 Å². The summed E-state index contributed by atoms with van der Waals surface area (Å²) in [5.74, 6) is -0.138. The van der Waals surface area contributed by atoms with Crippen molar-refractivity contribution in [2.24, 2.45) is 0 Å². The highest BCUT2D eigenvalue weighted by atomic mass is 16.6. The first-order valence-corrected chi connectivity index (χ1v) is 5.77. The summed E-state index contributed by atoms with van der Waals surface area (Å²) < 4.78 is 4.89. The minimum atomic E-state index is -0.570. The van der Waals surface area contributed by atoms with Gasteiger partial charge in [0.25, 0.3) is 5.91 Å². The molecule has 0 aliphatic heterocycles. The molecule has 0 unspecified atom stereocenters. The molecular weight excluding hydrogens is 248 g/mol. The molecule has 1 aromatic carbocycles. The Morgan fingerprint density at radius 3 is 2.74 bits per heavy atom. The Labute approximate surface area is 111 Å². The zero-order chi connectivity index (χ0) is 14.4. The molecule has 0 spiro atoms. The van der Waals surface area contributed by atoms with Crippen molar-refractivity contribution in [1.29, 1.82) is 0 Å². The Hall–Kier alpha value is -2.37. The molecular formula is C13H16N2O4. The van der Waals surface area contributed by atoms with Crippen LogP contribution in [0.5, 0.6) is 5.75 Å². The van der Waals surface area contributed by atoms with E-state index in [1.807, 2.05) is 6.92 Å². The maximum atomic E-state index is 12.2. The van der Waals surface area contributed by atoms with Gasteiger partial charge in [-0.15, -0.1) is 6.58 Å². The number of hydrogen-bond acceptors (Lipinski definition) is 4. The summed E-state index contributed by atoms with van der Waals surface area (Å²) in [6.07, 6.45) is 1.61. The number of nitro groups is 1. The predicted octanol–water partition coefficient (Wildman–Crippen LogP) is 2.25. The van der Waals surface area contributed by atoms with Crippen LogP contribution in [-0.4, -0.2) is 35.9 Å². The van der Waals surface area contributed by atoms with Gasteiger partial charge in [0.05, 0.1) is 12.0 Å². The van der Waals surface area contributed by atoms with Gasteiger partial charge in [0.15, 0.2) is 5.75 Å². The average molecular weight is 264 g/mol. The summed E-state index contributed by atoms with van der Waals surface area (Å²) in [6, 6.07) is 4.17. The molecule has 0 aliphatic carbocycles. The first-order chi connectivity index (χ1) is 9.04. The summed E-state index contributed by atoms with van der Waals surface area (Å²) in [5.41, 5.74) is 0.0409. The Morgan fingerprint density at radius 2 is 2.26 bits per heavy atom. The van der Waals surface area contributed by atoms with Crippen LogP contribution >= 0.6 is 0 Å². The van der Waals surface area contributed by atoms with Crippen molar-refractivity contribution in [3.8, 4) is 5.75 Å². The Bertz CT molecular complexity index is 499. The maximum Gasteiger partial charge on any atom is 0.311 e. The van der Waals surface area contributed by atoms with Gasteiger partial charge in [-0.05, 0) is 19.1 Å². The number of carbonyl (C=O) groups is 1. The minimum absolute atomic E-state index is 0.133. The number of carbonyl (C=O) groups excluding carboxylic acids is 1. The molecule has 0 heterocycles. The lowest BCUT2D eigenvalue weighted by Gasteiger charge is -2.18. The lowest BCUT2D eigenvalue weighted by atomic mass is 10.1. The Balaban J connectivity index is 3.14. The number of likely N-dealkylation sites (N-methyl/N-ethyl adjacent to an activating group) is 1. The fourth-order valence-corrected chi connectivity index (χ4v) is 1.66. The molecule has 0 fully saturated rings. The predicted molar refractivity (Wildman–Crippen MR) is 71.4 cm³/mol. The molecule has 19 heavy (non-hydrogen) atoms. The second-order valence-corrected chi connectivity index (χ2v) is 3.78. The van der Waals surface area contributed by atoms with Crippen LogP contribution in [0.25, 0.3) is 0 Å². The molecule has 0 bridgehead atoms. The minimum Gasteiger partial charge on any atom is -0.490 e. The fourth-order valence-electron chi connectivity index (χ4n) is 1.66. The highest BCUT2D eigenvalue weighted by Crippen LogP contribution is 2.27. The summed E-state index contributed by atoms with van der Waals surface area (Å²) in [4.78, 5) is 24.0. The van der Waals surface area contributed by atoms with Crippen molar-refractivity contribution in [2.45, 2.75) is 6.92 Å². The molecule has 1 amide bonds. The van der Waals surface area contributed by atoms with Crippen LogP contribution in [-0.2, 0) is 0 Å². The largest absolute Gasteiger partial charge is 0.490 e. The lowest BCUT2D eigenvalue weighted by Crippen LogP contribution is -2.30. The number of nitro benzene ring substituents is 1. The standard InChI is InChI=1S/C13H16N2O4/c1-4-8-14(5-2)13(16)10-6-7-12(19-3)11(9-10)15(17)18/h4,6-7,9H,1,5,8H2,2-3H3. The van der Waals surface area contributed by atoms with E-state index in [1.54, 1.807) is 11.0 Å². The molecule has 0 saturated heterocycles. The summed E-state index contributed by atoms with van der Waals surface area (Å²) in [5, 5.41) is 10.9. The number of methoxy groups -OCH3 is 1. The third-order valence-electron chi connectivity index (χ3n) is 2.64. The first kappa shape index (κ1) is 14.7. The van der Waals surface area contributed by atoms with E-state index in [1.165, 1.54) is 25.3 Å². The van der Waals surface area contributed by atoms with E-state index >= 15 is 0 Å². The van der Waals surface area contributed by atoms with Crippen LogP contribution in [0.2, 0.25) is 0 Å². The zero-order valence-corrected chi connectivity index (χ0v) is 11.0. The van der Waals surface area contributed by atoms with Crippen LogP contribution in [0.15, 0.2) is 30.9 Å². The van der Waals surface area contributed by atoms with Crippen LogP contribution in [0.4, 0.5) is 5.69 Å². The smallest absolute Gasteiger partial charge is 0.311 e. The molecule has 6 heteroatoms. The van der Waals surface area contributed by atoms with Crippen molar-refractivity contribution in [3.05, 3.63) is 46.5 Å². The highest BCUT2D eigenvalue weighted by molar-refractivity contribution is 5.95. The van der Waals surface area contributed by atoms with Gasteiger partial charge in [-0.2, -0.15) is 0 Å².